The molecule has 0 saturated heterocycles. The molecule has 3 aromatic rings. The van der Waals surface area contributed by atoms with Crippen LogP contribution in [0.2, 0.25) is 0 Å². The number of carbonyl (C=O) groups excluding carboxylic acids is 1. The number of nitrogens with two attached hydrogens (primary N) is 1. The fraction of sp³-hybridized carbons (Fsp3) is 0.105. The predicted octanol–water partition coefficient (Wildman–Crippen LogP) is -0.831. The van der Waals surface area contributed by atoms with E-state index in [1.807, 2.05) is 30.1 Å². The zero-order valence-corrected chi connectivity index (χ0v) is 14.4. The van der Waals surface area contributed by atoms with Gasteiger partial charge in [-0.05, 0) is 41.5 Å². The van der Waals surface area contributed by atoms with Gasteiger partial charge in [-0.1, -0.05) is 12.1 Å². The zero-order valence-electron chi connectivity index (χ0n) is 14.4. The highest BCUT2D eigenvalue weighted by atomic mass is 16.1. The largest absolute Gasteiger partial charge is 0.366 e. The molecule has 3 rings (SSSR count). The smallest absolute Gasteiger partial charge is 0.274 e. The van der Waals surface area contributed by atoms with Gasteiger partial charge < -0.3 is 19.9 Å². The van der Waals surface area contributed by atoms with Crippen LogP contribution in [-0.2, 0) is 14.1 Å². The van der Waals surface area contributed by atoms with E-state index >= 15 is 0 Å². The van der Waals surface area contributed by atoms with Crippen LogP contribution in [0.3, 0.4) is 0 Å². The molecule has 3 N–H and O–H groups in total. The van der Waals surface area contributed by atoms with Crippen LogP contribution in [-0.4, -0.2) is 20.0 Å². The molecule has 0 aliphatic rings. The lowest BCUT2D eigenvalue weighted by Gasteiger charge is -2.00. The first-order valence-corrected chi connectivity index (χ1v) is 7.90. The summed E-state index contributed by atoms with van der Waals surface area (Å²) in [6, 6.07) is 8.36. The van der Waals surface area contributed by atoms with E-state index in [-0.39, 0.29) is 21.8 Å². The number of H-pyrrole nitrogens is 1. The summed E-state index contributed by atoms with van der Waals surface area (Å²) in [4.78, 5) is 38.9. The second-order valence-corrected chi connectivity index (χ2v) is 6.01. The van der Waals surface area contributed by atoms with Crippen molar-refractivity contribution in [3.8, 4) is 0 Å². The van der Waals surface area contributed by atoms with Gasteiger partial charge in [0.2, 0.25) is 5.91 Å². The number of hydrogen-bond donors (Lipinski definition) is 2. The summed E-state index contributed by atoms with van der Waals surface area (Å²) in [5.41, 5.74) is 6.27. The fourth-order valence-corrected chi connectivity index (χ4v) is 2.66. The Balaban J connectivity index is 2.19. The molecule has 0 bridgehead atoms. The highest BCUT2D eigenvalue weighted by Gasteiger charge is 2.03. The van der Waals surface area contributed by atoms with E-state index in [1.54, 1.807) is 37.4 Å². The molecule has 132 valence electrons. The topological polar surface area (TPSA) is 103 Å². The van der Waals surface area contributed by atoms with Gasteiger partial charge in [-0.15, -0.1) is 0 Å². The standard InChI is InChI=1S/C19H18N4O3/c1-22-7-6-13(11-22)10-16-18(25)21-15(19(26)23(16)2)9-12-4-3-5-14(8-12)17(20)24/h3-11H,1-2H3,(H2,20,24)(H,21,25)/b15-9-,16-10-. The summed E-state index contributed by atoms with van der Waals surface area (Å²) in [7, 11) is 3.42. The van der Waals surface area contributed by atoms with Crippen LogP contribution in [0.5, 0.6) is 0 Å². The van der Waals surface area contributed by atoms with Crippen molar-refractivity contribution in [1.82, 2.24) is 14.1 Å². The van der Waals surface area contributed by atoms with Gasteiger partial charge in [-0.3, -0.25) is 14.4 Å². The van der Waals surface area contributed by atoms with Crippen molar-refractivity contribution in [2.75, 3.05) is 0 Å². The van der Waals surface area contributed by atoms with Crippen LogP contribution in [0.15, 0.2) is 52.3 Å². The number of benzene rings is 1. The van der Waals surface area contributed by atoms with E-state index in [1.165, 1.54) is 10.6 Å². The fourth-order valence-electron chi connectivity index (χ4n) is 2.66. The van der Waals surface area contributed by atoms with Crippen LogP contribution in [0, 0.1) is 0 Å². The van der Waals surface area contributed by atoms with Gasteiger partial charge in [0.1, 0.15) is 10.7 Å². The molecule has 0 fully saturated rings. The van der Waals surface area contributed by atoms with Gasteiger partial charge in [0.15, 0.2) is 0 Å². The molecule has 0 saturated carbocycles. The Labute approximate surface area is 148 Å². The van der Waals surface area contributed by atoms with Gasteiger partial charge in [0.25, 0.3) is 11.1 Å². The molecule has 26 heavy (non-hydrogen) atoms. The van der Waals surface area contributed by atoms with Crippen molar-refractivity contribution in [1.29, 1.82) is 0 Å². The number of amides is 1. The van der Waals surface area contributed by atoms with E-state index in [4.69, 9.17) is 5.73 Å². The molecule has 7 nitrogen and oxygen atoms in total. The highest BCUT2D eigenvalue weighted by molar-refractivity contribution is 5.93. The predicted molar refractivity (Wildman–Crippen MR) is 99.1 cm³/mol. The number of aromatic nitrogens is 3. The normalized spacial score (nSPS) is 12.5. The molecule has 1 amide bonds. The maximum Gasteiger partial charge on any atom is 0.274 e. The van der Waals surface area contributed by atoms with E-state index in [2.05, 4.69) is 4.98 Å². The number of carbonyl (C=O) groups is 1. The summed E-state index contributed by atoms with van der Waals surface area (Å²) < 4.78 is 3.15. The Morgan fingerprint density at radius 2 is 1.88 bits per heavy atom. The molecule has 1 aromatic carbocycles. The number of hydrogen-bond acceptors (Lipinski definition) is 3. The molecule has 0 unspecified atom stereocenters. The van der Waals surface area contributed by atoms with Crippen LogP contribution in [0.1, 0.15) is 21.5 Å². The van der Waals surface area contributed by atoms with Crippen molar-refractivity contribution >= 4 is 18.1 Å². The van der Waals surface area contributed by atoms with Gasteiger partial charge in [0, 0.05) is 32.1 Å². The SMILES string of the molecule is Cn1ccc(/C=c2/c(=O)[nH]/c(=C\c3cccc(C(N)=O)c3)c(=O)n2C)c1. The third-order valence-corrected chi connectivity index (χ3v) is 4.02. The quantitative estimate of drug-likeness (QED) is 0.644. The zero-order chi connectivity index (χ0) is 18.8. The van der Waals surface area contributed by atoms with Crippen LogP contribution >= 0.6 is 0 Å². The minimum absolute atomic E-state index is 0.129. The summed E-state index contributed by atoms with van der Waals surface area (Å²) in [5.74, 6) is -0.561. The van der Waals surface area contributed by atoms with E-state index in [9.17, 15) is 14.4 Å². The molecule has 0 atom stereocenters. The Kier molecular flexibility index (Phi) is 4.45. The minimum Gasteiger partial charge on any atom is -0.366 e. The lowest BCUT2D eigenvalue weighted by Crippen LogP contribution is -2.52. The number of aromatic amines is 1. The summed E-state index contributed by atoms with van der Waals surface area (Å²) >= 11 is 0. The van der Waals surface area contributed by atoms with Crippen molar-refractivity contribution < 1.29 is 4.79 Å². The lowest BCUT2D eigenvalue weighted by atomic mass is 10.1. The Bertz CT molecular complexity index is 1230. The number of aryl methyl sites for hydroxylation is 1. The monoisotopic (exact) mass is 350 g/mol. The van der Waals surface area contributed by atoms with Gasteiger partial charge >= 0.3 is 0 Å². The van der Waals surface area contributed by atoms with Crippen molar-refractivity contribution in [2.45, 2.75) is 0 Å². The molecule has 0 spiro atoms. The third kappa shape index (κ3) is 3.41. The van der Waals surface area contributed by atoms with E-state index < -0.39 is 5.91 Å². The Morgan fingerprint density at radius 3 is 2.54 bits per heavy atom. The summed E-state index contributed by atoms with van der Waals surface area (Å²) in [6.45, 7) is 0. The van der Waals surface area contributed by atoms with Crippen molar-refractivity contribution in [3.63, 3.8) is 0 Å². The van der Waals surface area contributed by atoms with Crippen LogP contribution in [0.25, 0.3) is 12.2 Å². The first-order chi connectivity index (χ1) is 12.3. The molecule has 2 heterocycles. The van der Waals surface area contributed by atoms with E-state index in [0.29, 0.717) is 11.1 Å². The molecular weight excluding hydrogens is 332 g/mol. The number of nitrogens with zero attached hydrogens (tertiary/aromatic N) is 2. The Morgan fingerprint density at radius 1 is 1.12 bits per heavy atom. The molecule has 0 aliphatic heterocycles. The van der Waals surface area contributed by atoms with E-state index in [0.717, 1.165) is 5.56 Å². The molecule has 0 aliphatic carbocycles. The maximum atomic E-state index is 12.6. The second kappa shape index (κ2) is 6.72. The van der Waals surface area contributed by atoms with Gasteiger partial charge in [0.05, 0.1) is 0 Å². The minimum atomic E-state index is -0.561. The number of nitrogens with one attached hydrogen (secondary N) is 1. The third-order valence-electron chi connectivity index (χ3n) is 4.02. The molecule has 7 heteroatoms. The van der Waals surface area contributed by atoms with Crippen molar-refractivity contribution in [3.05, 3.63) is 90.8 Å². The maximum absolute atomic E-state index is 12.6. The average molecular weight is 350 g/mol. The highest BCUT2D eigenvalue weighted by Crippen LogP contribution is 2.04. The lowest BCUT2D eigenvalue weighted by molar-refractivity contribution is 0.100. The molecule has 0 radical (unpaired) electrons. The molecule has 2 aromatic heterocycles. The summed E-state index contributed by atoms with van der Waals surface area (Å²) in [6.07, 6.45) is 6.87. The van der Waals surface area contributed by atoms with Crippen LogP contribution < -0.4 is 27.6 Å². The summed E-state index contributed by atoms with van der Waals surface area (Å²) in [5, 5.41) is 0.383. The van der Waals surface area contributed by atoms with Gasteiger partial charge in [-0.2, -0.15) is 0 Å². The van der Waals surface area contributed by atoms with Crippen LogP contribution in [0.4, 0.5) is 0 Å². The number of rotatable bonds is 3. The van der Waals surface area contributed by atoms with Gasteiger partial charge in [-0.25, -0.2) is 0 Å². The Hall–Kier alpha value is -3.61. The average Bonchev–Trinajstić information content (AvgIpc) is 3.02. The first-order valence-electron chi connectivity index (χ1n) is 7.90. The second-order valence-electron chi connectivity index (χ2n) is 6.01. The number of primary amides is 1. The molecular formula is C19H18N4O3. The van der Waals surface area contributed by atoms with Crippen molar-refractivity contribution in [2.24, 2.45) is 19.8 Å². The first kappa shape index (κ1) is 17.2.